The SMILES string of the molecule is COC(=O)[C@@H](C)c1cc2ccccc2[nH]1. The van der Waals surface area contributed by atoms with Crippen LogP contribution in [0.15, 0.2) is 30.3 Å². The fourth-order valence-corrected chi connectivity index (χ4v) is 1.63. The Balaban J connectivity index is 2.40. The third-order valence-corrected chi connectivity index (χ3v) is 2.57. The Morgan fingerprint density at radius 1 is 1.40 bits per heavy atom. The Morgan fingerprint density at radius 3 is 2.80 bits per heavy atom. The topological polar surface area (TPSA) is 42.1 Å². The number of methoxy groups -OCH3 is 1. The number of rotatable bonds is 2. The molecule has 3 heteroatoms. The van der Waals surface area contributed by atoms with E-state index >= 15 is 0 Å². The maximum absolute atomic E-state index is 11.3. The van der Waals surface area contributed by atoms with E-state index in [-0.39, 0.29) is 11.9 Å². The third kappa shape index (κ3) is 1.73. The lowest BCUT2D eigenvalue weighted by Crippen LogP contribution is -2.10. The molecule has 0 aliphatic heterocycles. The molecular formula is C12H13NO2. The maximum Gasteiger partial charge on any atom is 0.314 e. The van der Waals surface area contributed by atoms with Crippen LogP contribution in [0.2, 0.25) is 0 Å². The molecule has 1 aromatic heterocycles. The number of aromatic nitrogens is 1. The first kappa shape index (κ1) is 9.77. The van der Waals surface area contributed by atoms with Gasteiger partial charge in [0.15, 0.2) is 0 Å². The van der Waals surface area contributed by atoms with E-state index in [0.29, 0.717) is 0 Å². The number of esters is 1. The average Bonchev–Trinajstić information content (AvgIpc) is 2.70. The number of aromatic amines is 1. The summed E-state index contributed by atoms with van der Waals surface area (Å²) in [7, 11) is 1.40. The fraction of sp³-hybridized carbons (Fsp3) is 0.250. The lowest BCUT2D eigenvalue weighted by atomic mass is 10.1. The molecule has 1 heterocycles. The highest BCUT2D eigenvalue weighted by atomic mass is 16.5. The van der Waals surface area contributed by atoms with Crippen molar-refractivity contribution in [3.8, 4) is 0 Å². The van der Waals surface area contributed by atoms with Crippen molar-refractivity contribution in [1.82, 2.24) is 4.98 Å². The summed E-state index contributed by atoms with van der Waals surface area (Å²) in [5, 5.41) is 1.11. The number of carbonyl (C=O) groups excluding carboxylic acids is 1. The van der Waals surface area contributed by atoms with E-state index < -0.39 is 0 Å². The highest BCUT2D eigenvalue weighted by Crippen LogP contribution is 2.21. The fourth-order valence-electron chi connectivity index (χ4n) is 1.63. The molecule has 0 fully saturated rings. The second kappa shape index (κ2) is 3.77. The molecule has 0 amide bonds. The summed E-state index contributed by atoms with van der Waals surface area (Å²) in [4.78, 5) is 14.6. The molecule has 0 spiro atoms. The van der Waals surface area contributed by atoms with Gasteiger partial charge in [0, 0.05) is 11.2 Å². The molecule has 1 atom stereocenters. The van der Waals surface area contributed by atoms with Gasteiger partial charge in [-0.1, -0.05) is 18.2 Å². The molecule has 0 unspecified atom stereocenters. The summed E-state index contributed by atoms with van der Waals surface area (Å²) >= 11 is 0. The summed E-state index contributed by atoms with van der Waals surface area (Å²) in [6.07, 6.45) is 0. The van der Waals surface area contributed by atoms with E-state index in [1.807, 2.05) is 37.3 Å². The van der Waals surface area contributed by atoms with Gasteiger partial charge in [-0.05, 0) is 24.4 Å². The van der Waals surface area contributed by atoms with Gasteiger partial charge < -0.3 is 9.72 Å². The average molecular weight is 203 g/mol. The van der Waals surface area contributed by atoms with Crippen molar-refractivity contribution in [2.24, 2.45) is 0 Å². The number of nitrogens with one attached hydrogen (secondary N) is 1. The molecule has 0 saturated heterocycles. The Labute approximate surface area is 88.1 Å². The summed E-state index contributed by atoms with van der Waals surface area (Å²) in [5.41, 5.74) is 1.94. The van der Waals surface area contributed by atoms with Gasteiger partial charge >= 0.3 is 5.97 Å². The first-order valence-electron chi connectivity index (χ1n) is 4.88. The van der Waals surface area contributed by atoms with Gasteiger partial charge in [0.25, 0.3) is 0 Å². The van der Waals surface area contributed by atoms with E-state index in [1.165, 1.54) is 7.11 Å². The molecule has 0 saturated carbocycles. The number of hydrogen-bond donors (Lipinski definition) is 1. The largest absolute Gasteiger partial charge is 0.469 e. The van der Waals surface area contributed by atoms with E-state index in [0.717, 1.165) is 16.6 Å². The second-order valence-electron chi connectivity index (χ2n) is 3.56. The lowest BCUT2D eigenvalue weighted by molar-refractivity contribution is -0.142. The predicted octanol–water partition coefficient (Wildman–Crippen LogP) is 2.44. The van der Waals surface area contributed by atoms with E-state index in [4.69, 9.17) is 4.74 Å². The quantitative estimate of drug-likeness (QED) is 0.762. The molecule has 3 nitrogen and oxygen atoms in total. The summed E-state index contributed by atoms with van der Waals surface area (Å²) < 4.78 is 4.70. The number of ether oxygens (including phenoxy) is 1. The van der Waals surface area contributed by atoms with E-state index in [1.54, 1.807) is 0 Å². The number of para-hydroxylation sites is 1. The van der Waals surface area contributed by atoms with Crippen molar-refractivity contribution in [2.45, 2.75) is 12.8 Å². The van der Waals surface area contributed by atoms with Crippen molar-refractivity contribution < 1.29 is 9.53 Å². The number of fused-ring (bicyclic) bond motifs is 1. The molecule has 0 aliphatic carbocycles. The van der Waals surface area contributed by atoms with E-state index in [9.17, 15) is 4.79 Å². The minimum Gasteiger partial charge on any atom is -0.469 e. The minimum absolute atomic E-state index is 0.221. The molecular weight excluding hydrogens is 190 g/mol. The lowest BCUT2D eigenvalue weighted by Gasteiger charge is -2.05. The van der Waals surface area contributed by atoms with Crippen molar-refractivity contribution in [3.63, 3.8) is 0 Å². The molecule has 1 N–H and O–H groups in total. The molecule has 0 bridgehead atoms. The monoisotopic (exact) mass is 203 g/mol. The van der Waals surface area contributed by atoms with Crippen LogP contribution in [0.3, 0.4) is 0 Å². The van der Waals surface area contributed by atoms with Crippen LogP contribution in [0.1, 0.15) is 18.5 Å². The van der Waals surface area contributed by atoms with Gasteiger partial charge in [-0.15, -0.1) is 0 Å². The van der Waals surface area contributed by atoms with Crippen LogP contribution in [0.4, 0.5) is 0 Å². The standard InChI is InChI=1S/C12H13NO2/c1-8(12(14)15-2)11-7-9-5-3-4-6-10(9)13-11/h3-8,13H,1-2H3/t8-/m0/s1. The molecule has 15 heavy (non-hydrogen) atoms. The number of carbonyl (C=O) groups is 1. The van der Waals surface area contributed by atoms with Crippen LogP contribution in [0, 0.1) is 0 Å². The van der Waals surface area contributed by atoms with Crippen LogP contribution in [-0.4, -0.2) is 18.1 Å². The van der Waals surface area contributed by atoms with Gasteiger partial charge in [0.1, 0.15) is 0 Å². The zero-order valence-corrected chi connectivity index (χ0v) is 8.78. The third-order valence-electron chi connectivity index (χ3n) is 2.57. The summed E-state index contributed by atoms with van der Waals surface area (Å²) in [5.74, 6) is -0.469. The Hall–Kier alpha value is -1.77. The molecule has 78 valence electrons. The normalized spacial score (nSPS) is 12.7. The van der Waals surface area contributed by atoms with E-state index in [2.05, 4.69) is 4.98 Å². The molecule has 2 rings (SSSR count). The smallest absolute Gasteiger partial charge is 0.314 e. The van der Waals surface area contributed by atoms with Crippen molar-refractivity contribution >= 4 is 16.9 Å². The van der Waals surface area contributed by atoms with Crippen LogP contribution >= 0.6 is 0 Å². The maximum atomic E-state index is 11.3. The van der Waals surface area contributed by atoms with Crippen LogP contribution in [0.25, 0.3) is 10.9 Å². The summed E-state index contributed by atoms with van der Waals surface area (Å²) in [6, 6.07) is 9.92. The highest BCUT2D eigenvalue weighted by Gasteiger charge is 2.17. The molecule has 1 aromatic carbocycles. The number of benzene rings is 1. The molecule has 0 aliphatic rings. The van der Waals surface area contributed by atoms with Crippen LogP contribution in [0.5, 0.6) is 0 Å². The van der Waals surface area contributed by atoms with Crippen LogP contribution in [-0.2, 0) is 9.53 Å². The van der Waals surface area contributed by atoms with Gasteiger partial charge in [0.05, 0.1) is 13.0 Å². The Kier molecular flexibility index (Phi) is 2.46. The van der Waals surface area contributed by atoms with Gasteiger partial charge in [-0.2, -0.15) is 0 Å². The van der Waals surface area contributed by atoms with Gasteiger partial charge in [-0.3, -0.25) is 4.79 Å². The first-order chi connectivity index (χ1) is 7.22. The summed E-state index contributed by atoms with van der Waals surface area (Å²) in [6.45, 7) is 1.83. The molecule has 0 radical (unpaired) electrons. The number of hydrogen-bond acceptors (Lipinski definition) is 2. The Bertz CT molecular complexity index is 454. The predicted molar refractivity (Wildman–Crippen MR) is 58.7 cm³/mol. The van der Waals surface area contributed by atoms with Gasteiger partial charge in [-0.25, -0.2) is 0 Å². The van der Waals surface area contributed by atoms with Crippen molar-refractivity contribution in [3.05, 3.63) is 36.0 Å². The molecule has 2 aromatic rings. The van der Waals surface area contributed by atoms with Gasteiger partial charge in [0.2, 0.25) is 0 Å². The van der Waals surface area contributed by atoms with Crippen molar-refractivity contribution in [1.29, 1.82) is 0 Å². The number of H-pyrrole nitrogens is 1. The first-order valence-corrected chi connectivity index (χ1v) is 4.88. The Morgan fingerprint density at radius 2 is 2.13 bits per heavy atom. The minimum atomic E-state index is -0.248. The van der Waals surface area contributed by atoms with Crippen molar-refractivity contribution in [2.75, 3.05) is 7.11 Å². The zero-order chi connectivity index (χ0) is 10.8. The zero-order valence-electron chi connectivity index (χ0n) is 8.78. The highest BCUT2D eigenvalue weighted by molar-refractivity contribution is 5.84. The second-order valence-corrected chi connectivity index (χ2v) is 3.56. The van der Waals surface area contributed by atoms with Crippen LogP contribution < -0.4 is 0 Å².